The summed E-state index contributed by atoms with van der Waals surface area (Å²) in [6.07, 6.45) is 0.548. The molecule has 3 aromatic rings. The van der Waals surface area contributed by atoms with Crippen molar-refractivity contribution in [3.63, 3.8) is 0 Å². The van der Waals surface area contributed by atoms with E-state index in [2.05, 4.69) is 15.5 Å². The topological polar surface area (TPSA) is 85.1 Å². The highest BCUT2D eigenvalue weighted by Gasteiger charge is 2.19. The van der Waals surface area contributed by atoms with Gasteiger partial charge in [-0.15, -0.1) is 10.2 Å². The second-order valence-electron chi connectivity index (χ2n) is 6.01. The van der Waals surface area contributed by atoms with Crippen molar-refractivity contribution >= 4 is 29.1 Å². The molecular formula is C20H19N3O3S. The van der Waals surface area contributed by atoms with Crippen LogP contribution in [0.1, 0.15) is 35.7 Å². The monoisotopic (exact) mass is 381 g/mol. The molecule has 1 heterocycles. The molecule has 0 radical (unpaired) electrons. The number of ketones is 1. The van der Waals surface area contributed by atoms with E-state index in [0.717, 1.165) is 5.56 Å². The molecule has 0 saturated carbocycles. The van der Waals surface area contributed by atoms with Gasteiger partial charge in [0.2, 0.25) is 11.8 Å². The Morgan fingerprint density at radius 1 is 1.11 bits per heavy atom. The van der Waals surface area contributed by atoms with E-state index in [1.54, 1.807) is 31.2 Å². The number of carbonyl (C=O) groups is 2. The highest BCUT2D eigenvalue weighted by Crippen LogP contribution is 2.24. The van der Waals surface area contributed by atoms with Crippen molar-refractivity contribution in [3.05, 3.63) is 71.6 Å². The van der Waals surface area contributed by atoms with Crippen LogP contribution >= 0.6 is 11.8 Å². The van der Waals surface area contributed by atoms with E-state index in [4.69, 9.17) is 4.42 Å². The van der Waals surface area contributed by atoms with Gasteiger partial charge in [-0.1, -0.05) is 54.2 Å². The molecule has 0 unspecified atom stereocenters. The van der Waals surface area contributed by atoms with E-state index in [9.17, 15) is 9.59 Å². The van der Waals surface area contributed by atoms with Gasteiger partial charge in [-0.2, -0.15) is 0 Å². The van der Waals surface area contributed by atoms with Gasteiger partial charge in [-0.25, -0.2) is 0 Å². The van der Waals surface area contributed by atoms with Crippen molar-refractivity contribution in [2.45, 2.75) is 30.7 Å². The van der Waals surface area contributed by atoms with Crippen molar-refractivity contribution in [1.82, 2.24) is 10.2 Å². The second-order valence-corrected chi connectivity index (χ2v) is 7.30. The molecule has 0 saturated heterocycles. The van der Waals surface area contributed by atoms with Crippen LogP contribution in [0.4, 0.5) is 5.69 Å². The Hall–Kier alpha value is -2.93. The summed E-state index contributed by atoms with van der Waals surface area (Å²) in [4.78, 5) is 23.8. The first-order valence-electron chi connectivity index (χ1n) is 8.46. The first-order chi connectivity index (χ1) is 13.0. The molecule has 1 N–H and O–H groups in total. The van der Waals surface area contributed by atoms with Gasteiger partial charge in [-0.3, -0.25) is 9.59 Å². The zero-order valence-electron chi connectivity index (χ0n) is 15.0. The predicted octanol–water partition coefficient (Wildman–Crippen LogP) is 3.98. The lowest BCUT2D eigenvalue weighted by molar-refractivity contribution is -0.115. The normalized spacial score (nSPS) is 11.8. The van der Waals surface area contributed by atoms with E-state index >= 15 is 0 Å². The summed E-state index contributed by atoms with van der Waals surface area (Å²) in [5.74, 6) is 0.249. The fourth-order valence-corrected chi connectivity index (χ4v) is 3.09. The van der Waals surface area contributed by atoms with Crippen LogP contribution in [0, 0.1) is 0 Å². The van der Waals surface area contributed by atoms with Crippen LogP contribution in [0.3, 0.4) is 0 Å². The van der Waals surface area contributed by atoms with E-state index in [1.807, 2.05) is 30.3 Å². The van der Waals surface area contributed by atoms with Gasteiger partial charge in [0, 0.05) is 11.3 Å². The Morgan fingerprint density at radius 3 is 2.63 bits per heavy atom. The number of hydrogen-bond acceptors (Lipinski definition) is 6. The first-order valence-corrected chi connectivity index (χ1v) is 9.34. The fraction of sp³-hybridized carbons (Fsp3) is 0.200. The number of thioether (sulfide) groups is 1. The van der Waals surface area contributed by atoms with Crippen LogP contribution in [-0.4, -0.2) is 27.1 Å². The number of carbonyl (C=O) groups excluding carboxylic acids is 2. The Balaban J connectivity index is 1.58. The van der Waals surface area contributed by atoms with E-state index in [1.165, 1.54) is 18.7 Å². The van der Waals surface area contributed by atoms with Crippen LogP contribution in [0.2, 0.25) is 0 Å². The van der Waals surface area contributed by atoms with Gasteiger partial charge in [-0.05, 0) is 31.5 Å². The van der Waals surface area contributed by atoms with E-state index in [0.29, 0.717) is 28.8 Å². The molecule has 2 aromatic carbocycles. The molecular weight excluding hydrogens is 362 g/mol. The molecule has 27 heavy (non-hydrogen) atoms. The maximum absolute atomic E-state index is 12.4. The van der Waals surface area contributed by atoms with Gasteiger partial charge in [0.1, 0.15) is 0 Å². The summed E-state index contributed by atoms with van der Waals surface area (Å²) in [5, 5.41) is 10.7. The quantitative estimate of drug-likeness (QED) is 0.492. The second kappa shape index (κ2) is 8.64. The van der Waals surface area contributed by atoms with Crippen LogP contribution in [0.5, 0.6) is 0 Å². The molecule has 0 spiro atoms. The van der Waals surface area contributed by atoms with Gasteiger partial charge in [0.05, 0.1) is 11.7 Å². The molecule has 6 nitrogen and oxygen atoms in total. The lowest BCUT2D eigenvalue weighted by atomic mass is 10.1. The zero-order chi connectivity index (χ0) is 19.2. The van der Waals surface area contributed by atoms with Crippen LogP contribution in [-0.2, 0) is 11.2 Å². The number of aromatic nitrogens is 2. The lowest BCUT2D eigenvalue weighted by Crippen LogP contribution is -2.22. The third kappa shape index (κ3) is 5.27. The summed E-state index contributed by atoms with van der Waals surface area (Å²) in [6.45, 7) is 3.25. The predicted molar refractivity (Wildman–Crippen MR) is 104 cm³/mol. The molecule has 0 aliphatic heterocycles. The highest BCUT2D eigenvalue weighted by molar-refractivity contribution is 8.00. The molecule has 1 atom stereocenters. The number of rotatable bonds is 7. The molecule has 0 aliphatic carbocycles. The summed E-state index contributed by atoms with van der Waals surface area (Å²) in [5.41, 5.74) is 2.21. The number of hydrogen-bond donors (Lipinski definition) is 1. The number of Topliss-reactive ketones (excluding diaryl/α,β-unsaturated/α-hetero) is 1. The Kier molecular flexibility index (Phi) is 6.03. The number of anilines is 1. The van der Waals surface area contributed by atoms with Crippen LogP contribution < -0.4 is 5.32 Å². The Bertz CT molecular complexity index is 940. The molecule has 138 valence electrons. The minimum Gasteiger partial charge on any atom is -0.416 e. The fourth-order valence-electron chi connectivity index (χ4n) is 2.39. The summed E-state index contributed by atoms with van der Waals surface area (Å²) >= 11 is 1.19. The largest absolute Gasteiger partial charge is 0.416 e. The molecule has 1 aromatic heterocycles. The average molecular weight is 381 g/mol. The standard InChI is InChI=1S/C20H19N3O3S/c1-13(24)16-9-6-10-17(12-16)21-19(25)14(2)27-20-23-22-18(26-20)11-15-7-4-3-5-8-15/h3-10,12,14H,11H2,1-2H3,(H,21,25)/t14-/m0/s1. The third-order valence-electron chi connectivity index (χ3n) is 3.83. The summed E-state index contributed by atoms with van der Waals surface area (Å²) < 4.78 is 5.63. The maximum Gasteiger partial charge on any atom is 0.277 e. The van der Waals surface area contributed by atoms with Crippen LogP contribution in [0.15, 0.2) is 64.2 Å². The maximum atomic E-state index is 12.4. The number of nitrogens with one attached hydrogen (secondary N) is 1. The average Bonchev–Trinajstić information content (AvgIpc) is 3.09. The van der Waals surface area contributed by atoms with Gasteiger partial charge < -0.3 is 9.73 Å². The molecule has 3 rings (SSSR count). The Labute approximate surface area is 161 Å². The number of benzene rings is 2. The molecule has 1 amide bonds. The molecule has 0 fully saturated rings. The minimum absolute atomic E-state index is 0.0506. The summed E-state index contributed by atoms with van der Waals surface area (Å²) in [7, 11) is 0. The van der Waals surface area contributed by atoms with Crippen molar-refractivity contribution < 1.29 is 14.0 Å². The third-order valence-corrected chi connectivity index (χ3v) is 4.76. The highest BCUT2D eigenvalue weighted by atomic mass is 32.2. The van der Waals surface area contributed by atoms with Crippen LogP contribution in [0.25, 0.3) is 0 Å². The molecule has 7 heteroatoms. The van der Waals surface area contributed by atoms with Crippen molar-refractivity contribution in [1.29, 1.82) is 0 Å². The van der Waals surface area contributed by atoms with Crippen molar-refractivity contribution in [2.24, 2.45) is 0 Å². The lowest BCUT2D eigenvalue weighted by Gasteiger charge is -2.10. The molecule has 0 aliphatic rings. The van der Waals surface area contributed by atoms with E-state index in [-0.39, 0.29) is 11.7 Å². The number of nitrogens with zero attached hydrogens (tertiary/aromatic N) is 2. The molecule has 0 bridgehead atoms. The zero-order valence-corrected chi connectivity index (χ0v) is 15.8. The van der Waals surface area contributed by atoms with Gasteiger partial charge in [0.25, 0.3) is 5.22 Å². The Morgan fingerprint density at radius 2 is 1.89 bits per heavy atom. The number of amides is 1. The van der Waals surface area contributed by atoms with Gasteiger partial charge >= 0.3 is 0 Å². The summed E-state index contributed by atoms with van der Waals surface area (Å²) in [6, 6.07) is 16.7. The SMILES string of the molecule is CC(=O)c1cccc(NC(=O)[C@H](C)Sc2nnc(Cc3ccccc3)o2)c1. The van der Waals surface area contributed by atoms with Crippen molar-refractivity contribution in [2.75, 3.05) is 5.32 Å². The smallest absolute Gasteiger partial charge is 0.277 e. The first kappa shape index (κ1) is 18.8. The van der Waals surface area contributed by atoms with Crippen molar-refractivity contribution in [3.8, 4) is 0 Å². The van der Waals surface area contributed by atoms with E-state index < -0.39 is 5.25 Å². The van der Waals surface area contributed by atoms with Gasteiger partial charge in [0.15, 0.2) is 5.78 Å². The minimum atomic E-state index is -0.434.